The van der Waals surface area contributed by atoms with E-state index in [0.29, 0.717) is 28.9 Å². The van der Waals surface area contributed by atoms with Crippen molar-refractivity contribution in [1.82, 2.24) is 10.2 Å². The Labute approximate surface area is 161 Å². The van der Waals surface area contributed by atoms with Crippen LogP contribution in [0.3, 0.4) is 0 Å². The minimum Gasteiger partial charge on any atom is -0.496 e. The summed E-state index contributed by atoms with van der Waals surface area (Å²) in [6.45, 7) is 2.42. The minimum atomic E-state index is -0.604. The highest BCUT2D eigenvalue weighted by Gasteiger charge is 2.19. The lowest BCUT2D eigenvalue weighted by Gasteiger charge is -2.12. The Kier molecular flexibility index (Phi) is 5.52. The van der Waals surface area contributed by atoms with Crippen molar-refractivity contribution in [3.05, 3.63) is 64.2 Å². The van der Waals surface area contributed by atoms with Crippen molar-refractivity contribution in [1.29, 1.82) is 0 Å². The molecule has 7 nitrogen and oxygen atoms in total. The Morgan fingerprint density at radius 1 is 1.30 bits per heavy atom. The van der Waals surface area contributed by atoms with E-state index in [1.54, 1.807) is 25.3 Å². The van der Waals surface area contributed by atoms with Gasteiger partial charge in [0.1, 0.15) is 17.1 Å². The predicted molar refractivity (Wildman–Crippen MR) is 107 cm³/mol. The number of benzene rings is 2. The first-order valence-corrected chi connectivity index (χ1v) is 8.64. The Balaban J connectivity index is 1.85. The fraction of sp³-hybridized carbons (Fsp3) is 0.158. The number of carbonyl (C=O) groups excluding carboxylic acids is 1. The molecule has 1 amide bonds. The van der Waals surface area contributed by atoms with Gasteiger partial charge in [-0.2, -0.15) is 5.10 Å². The number of carbonyl (C=O) groups is 1. The van der Waals surface area contributed by atoms with E-state index in [-0.39, 0.29) is 5.56 Å². The van der Waals surface area contributed by atoms with Gasteiger partial charge in [0, 0.05) is 22.8 Å². The molecule has 5 N–H and O–H groups in total. The van der Waals surface area contributed by atoms with Gasteiger partial charge in [0.25, 0.3) is 5.91 Å². The van der Waals surface area contributed by atoms with Crippen molar-refractivity contribution in [3.8, 4) is 5.75 Å². The molecule has 0 saturated heterocycles. The number of nitrogens with one attached hydrogen (secondary N) is 3. The van der Waals surface area contributed by atoms with E-state index >= 15 is 0 Å². The average Bonchev–Trinajstić information content (AvgIpc) is 3.03. The van der Waals surface area contributed by atoms with Crippen LogP contribution in [0.25, 0.3) is 0 Å². The van der Waals surface area contributed by atoms with Crippen molar-refractivity contribution in [2.24, 2.45) is 5.73 Å². The summed E-state index contributed by atoms with van der Waals surface area (Å²) in [5, 5.41) is 13.8. The maximum atomic E-state index is 12.0. The second-order valence-electron chi connectivity index (χ2n) is 5.93. The molecule has 1 heterocycles. The van der Waals surface area contributed by atoms with Crippen LogP contribution in [-0.4, -0.2) is 23.2 Å². The number of hydrogen-bond acceptors (Lipinski definition) is 5. The summed E-state index contributed by atoms with van der Waals surface area (Å²) in [7, 11) is 1.62. The van der Waals surface area contributed by atoms with Gasteiger partial charge in [0.2, 0.25) is 0 Å². The van der Waals surface area contributed by atoms with Crippen LogP contribution in [0.4, 0.5) is 17.3 Å². The summed E-state index contributed by atoms with van der Waals surface area (Å²) in [5.74, 6) is 0.907. The molecule has 0 unspecified atom stereocenters. The van der Waals surface area contributed by atoms with Gasteiger partial charge in [-0.25, -0.2) is 0 Å². The predicted octanol–water partition coefficient (Wildman–Crippen LogP) is 3.83. The largest absolute Gasteiger partial charge is 0.496 e. The number of methoxy groups -OCH3 is 1. The van der Waals surface area contributed by atoms with Crippen molar-refractivity contribution >= 4 is 34.8 Å². The number of nitrogens with two attached hydrogens (primary N) is 1. The topological polar surface area (TPSA) is 105 Å². The van der Waals surface area contributed by atoms with E-state index in [1.807, 2.05) is 31.2 Å². The Hall–Kier alpha value is -3.19. The number of aryl methyl sites for hydroxylation is 1. The summed E-state index contributed by atoms with van der Waals surface area (Å²) in [5.41, 5.74) is 8.56. The second-order valence-corrected chi connectivity index (χ2v) is 6.37. The van der Waals surface area contributed by atoms with E-state index in [0.717, 1.165) is 16.9 Å². The average molecular weight is 386 g/mol. The highest BCUT2D eigenvalue weighted by atomic mass is 35.5. The van der Waals surface area contributed by atoms with Gasteiger partial charge in [-0.15, -0.1) is 0 Å². The molecule has 0 bridgehead atoms. The van der Waals surface area contributed by atoms with Crippen molar-refractivity contribution in [2.45, 2.75) is 13.5 Å². The quantitative estimate of drug-likeness (QED) is 0.494. The smallest absolute Gasteiger partial charge is 0.256 e. The highest BCUT2D eigenvalue weighted by Crippen LogP contribution is 2.27. The lowest BCUT2D eigenvalue weighted by Crippen LogP contribution is -2.15. The van der Waals surface area contributed by atoms with Gasteiger partial charge >= 0.3 is 0 Å². The molecule has 2 aromatic carbocycles. The van der Waals surface area contributed by atoms with Crippen molar-refractivity contribution < 1.29 is 9.53 Å². The van der Waals surface area contributed by atoms with Gasteiger partial charge in [-0.1, -0.05) is 29.8 Å². The summed E-state index contributed by atoms with van der Waals surface area (Å²) in [6, 6.07) is 12.9. The molecule has 0 fully saturated rings. The standard InChI is InChI=1S/C19H20ClN5O2/c1-11-5-3-8-15(27-2)14(11)10-22-18-16(17(21)26)19(25-24-18)23-13-7-4-6-12(20)9-13/h3-9H,10H2,1-2H3,(H2,21,26)(H3,22,23,24,25). The molecular formula is C19H20ClN5O2. The third-order valence-electron chi connectivity index (χ3n) is 4.13. The molecule has 27 heavy (non-hydrogen) atoms. The molecule has 3 aromatic rings. The number of H-pyrrole nitrogens is 1. The van der Waals surface area contributed by atoms with Gasteiger partial charge in [0.15, 0.2) is 5.82 Å². The van der Waals surface area contributed by atoms with Crippen LogP contribution in [0.15, 0.2) is 42.5 Å². The molecule has 3 rings (SSSR count). The van der Waals surface area contributed by atoms with E-state index in [1.165, 1.54) is 0 Å². The molecule has 0 aliphatic rings. The SMILES string of the molecule is COc1cccc(C)c1CNc1n[nH]c(Nc2cccc(Cl)c2)c1C(N)=O. The molecule has 0 aliphatic carbocycles. The fourth-order valence-corrected chi connectivity index (χ4v) is 2.97. The second kappa shape index (κ2) is 8.01. The summed E-state index contributed by atoms with van der Waals surface area (Å²) < 4.78 is 5.40. The monoisotopic (exact) mass is 385 g/mol. The van der Waals surface area contributed by atoms with Crippen LogP contribution in [0, 0.1) is 6.92 Å². The van der Waals surface area contributed by atoms with Crippen molar-refractivity contribution in [3.63, 3.8) is 0 Å². The lowest BCUT2D eigenvalue weighted by atomic mass is 10.1. The van der Waals surface area contributed by atoms with E-state index in [4.69, 9.17) is 22.1 Å². The first kappa shape index (κ1) is 18.6. The van der Waals surface area contributed by atoms with Crippen LogP contribution in [0.5, 0.6) is 5.75 Å². The molecule has 0 radical (unpaired) electrons. The zero-order valence-corrected chi connectivity index (χ0v) is 15.7. The number of ether oxygens (including phenoxy) is 1. The van der Waals surface area contributed by atoms with Gasteiger partial charge in [-0.05, 0) is 36.8 Å². The Morgan fingerprint density at radius 3 is 2.78 bits per heavy atom. The molecule has 140 valence electrons. The van der Waals surface area contributed by atoms with Crippen LogP contribution < -0.4 is 21.1 Å². The zero-order valence-electron chi connectivity index (χ0n) is 15.0. The molecule has 0 atom stereocenters. The van der Waals surface area contributed by atoms with Crippen LogP contribution in [-0.2, 0) is 6.54 Å². The fourth-order valence-electron chi connectivity index (χ4n) is 2.78. The third kappa shape index (κ3) is 4.15. The Bertz CT molecular complexity index is 970. The normalized spacial score (nSPS) is 10.5. The van der Waals surface area contributed by atoms with Crippen LogP contribution in [0.1, 0.15) is 21.5 Å². The number of primary amides is 1. The summed E-state index contributed by atoms with van der Waals surface area (Å²) >= 11 is 6.00. The zero-order chi connectivity index (χ0) is 19.4. The number of nitrogens with zero attached hydrogens (tertiary/aromatic N) is 1. The first-order valence-electron chi connectivity index (χ1n) is 8.26. The van der Waals surface area contributed by atoms with Gasteiger partial charge in [-0.3, -0.25) is 9.89 Å². The maximum absolute atomic E-state index is 12.0. The number of rotatable bonds is 7. The molecule has 0 spiro atoms. The minimum absolute atomic E-state index is 0.238. The number of aromatic nitrogens is 2. The number of anilines is 3. The van der Waals surface area contributed by atoms with Gasteiger partial charge < -0.3 is 21.1 Å². The van der Waals surface area contributed by atoms with Crippen LogP contribution >= 0.6 is 11.6 Å². The third-order valence-corrected chi connectivity index (χ3v) is 4.36. The summed E-state index contributed by atoms with van der Waals surface area (Å²) in [4.78, 5) is 12.0. The summed E-state index contributed by atoms with van der Waals surface area (Å²) in [6.07, 6.45) is 0. The highest BCUT2D eigenvalue weighted by molar-refractivity contribution is 6.30. The van der Waals surface area contributed by atoms with Crippen LogP contribution in [0.2, 0.25) is 5.02 Å². The number of aromatic amines is 1. The van der Waals surface area contributed by atoms with E-state index < -0.39 is 5.91 Å². The van der Waals surface area contributed by atoms with E-state index in [9.17, 15) is 4.79 Å². The van der Waals surface area contributed by atoms with Crippen molar-refractivity contribution in [2.75, 3.05) is 17.7 Å². The molecule has 1 aromatic heterocycles. The molecule has 8 heteroatoms. The molecule has 0 aliphatic heterocycles. The first-order chi connectivity index (χ1) is 13.0. The Morgan fingerprint density at radius 2 is 2.07 bits per heavy atom. The number of halogens is 1. The lowest BCUT2D eigenvalue weighted by molar-refractivity contribution is 0.100. The number of amides is 1. The molecular weight excluding hydrogens is 366 g/mol. The molecule has 0 saturated carbocycles. The number of hydrogen-bond donors (Lipinski definition) is 4. The maximum Gasteiger partial charge on any atom is 0.256 e. The van der Waals surface area contributed by atoms with E-state index in [2.05, 4.69) is 20.8 Å². The van der Waals surface area contributed by atoms with Gasteiger partial charge in [0.05, 0.1) is 7.11 Å².